The molecule has 110 valence electrons. The normalized spacial score (nSPS) is 13.8. The maximum Gasteiger partial charge on any atom is 0.0547 e. The number of unbranched alkanes of at least 4 members (excludes halogenated alkanes) is 3. The molecule has 0 fully saturated rings. The number of rotatable bonds is 12. The number of hydrogen-bond donors (Lipinski definition) is 1. The van der Waals surface area contributed by atoms with Crippen LogP contribution in [0.4, 0.5) is 0 Å². The van der Waals surface area contributed by atoms with Crippen LogP contribution >= 0.6 is 0 Å². The lowest BCUT2D eigenvalue weighted by Crippen LogP contribution is -2.34. The zero-order valence-electron chi connectivity index (χ0n) is 13.3. The van der Waals surface area contributed by atoms with Crippen molar-refractivity contribution in [1.29, 1.82) is 0 Å². The van der Waals surface area contributed by atoms with Crippen LogP contribution in [0.3, 0.4) is 0 Å². The van der Waals surface area contributed by atoms with Crippen LogP contribution in [0.25, 0.3) is 0 Å². The molecule has 1 N–H and O–H groups in total. The van der Waals surface area contributed by atoms with Gasteiger partial charge in [-0.2, -0.15) is 0 Å². The van der Waals surface area contributed by atoms with Gasteiger partial charge in [0.25, 0.3) is 0 Å². The van der Waals surface area contributed by atoms with E-state index in [2.05, 4.69) is 39.9 Å². The second-order valence-electron chi connectivity index (χ2n) is 6.31. The van der Waals surface area contributed by atoms with E-state index in [0.717, 1.165) is 19.7 Å². The van der Waals surface area contributed by atoms with E-state index in [0.29, 0.717) is 6.10 Å². The Morgan fingerprint density at radius 3 is 2.39 bits per heavy atom. The Labute approximate surface area is 115 Å². The molecule has 0 aliphatic carbocycles. The maximum atomic E-state index is 5.98. The SMILES string of the molecule is CCCCCCC(C)OCC(C)(C)CNCCC. The van der Waals surface area contributed by atoms with Gasteiger partial charge in [0, 0.05) is 12.0 Å². The Kier molecular flexibility index (Phi) is 10.8. The second-order valence-corrected chi connectivity index (χ2v) is 6.31. The summed E-state index contributed by atoms with van der Waals surface area (Å²) in [6, 6.07) is 0. The number of nitrogens with one attached hydrogen (secondary N) is 1. The van der Waals surface area contributed by atoms with E-state index in [1.807, 2.05) is 0 Å². The molecule has 0 aromatic carbocycles. The Morgan fingerprint density at radius 1 is 1.06 bits per heavy atom. The predicted molar refractivity (Wildman–Crippen MR) is 81.1 cm³/mol. The van der Waals surface area contributed by atoms with Crippen molar-refractivity contribution in [2.75, 3.05) is 19.7 Å². The van der Waals surface area contributed by atoms with E-state index in [4.69, 9.17) is 4.74 Å². The molecule has 2 heteroatoms. The molecule has 1 unspecified atom stereocenters. The van der Waals surface area contributed by atoms with Crippen molar-refractivity contribution in [3.05, 3.63) is 0 Å². The van der Waals surface area contributed by atoms with Gasteiger partial charge in [0.05, 0.1) is 12.7 Å². The van der Waals surface area contributed by atoms with Crippen LogP contribution in [0.15, 0.2) is 0 Å². The second kappa shape index (κ2) is 10.8. The first-order valence-electron chi connectivity index (χ1n) is 7.84. The van der Waals surface area contributed by atoms with Crippen LogP contribution in [-0.4, -0.2) is 25.8 Å². The van der Waals surface area contributed by atoms with Gasteiger partial charge in [0.15, 0.2) is 0 Å². The van der Waals surface area contributed by atoms with Gasteiger partial charge >= 0.3 is 0 Å². The lowest BCUT2D eigenvalue weighted by Gasteiger charge is -2.27. The number of ether oxygens (including phenoxy) is 1. The van der Waals surface area contributed by atoms with Gasteiger partial charge in [-0.15, -0.1) is 0 Å². The molecule has 0 aromatic rings. The van der Waals surface area contributed by atoms with E-state index >= 15 is 0 Å². The lowest BCUT2D eigenvalue weighted by atomic mass is 9.94. The summed E-state index contributed by atoms with van der Waals surface area (Å²) in [7, 11) is 0. The van der Waals surface area contributed by atoms with Gasteiger partial charge < -0.3 is 10.1 Å². The molecule has 0 amide bonds. The quantitative estimate of drug-likeness (QED) is 0.524. The topological polar surface area (TPSA) is 21.3 Å². The van der Waals surface area contributed by atoms with Crippen molar-refractivity contribution in [3.63, 3.8) is 0 Å². The van der Waals surface area contributed by atoms with Crippen molar-refractivity contribution in [3.8, 4) is 0 Å². The van der Waals surface area contributed by atoms with Gasteiger partial charge in [0.2, 0.25) is 0 Å². The Morgan fingerprint density at radius 2 is 1.78 bits per heavy atom. The van der Waals surface area contributed by atoms with Crippen LogP contribution < -0.4 is 5.32 Å². The maximum absolute atomic E-state index is 5.98. The van der Waals surface area contributed by atoms with Crippen molar-refractivity contribution < 1.29 is 4.74 Å². The third kappa shape index (κ3) is 11.0. The fourth-order valence-corrected chi connectivity index (χ4v) is 1.96. The fourth-order valence-electron chi connectivity index (χ4n) is 1.96. The molecule has 18 heavy (non-hydrogen) atoms. The van der Waals surface area contributed by atoms with Crippen molar-refractivity contribution in [1.82, 2.24) is 5.32 Å². The Hall–Kier alpha value is -0.0800. The highest BCUT2D eigenvalue weighted by atomic mass is 16.5. The summed E-state index contributed by atoms with van der Waals surface area (Å²) in [6.07, 6.45) is 8.15. The summed E-state index contributed by atoms with van der Waals surface area (Å²) in [6.45, 7) is 14.2. The molecule has 1 atom stereocenters. The van der Waals surface area contributed by atoms with E-state index < -0.39 is 0 Å². The zero-order valence-corrected chi connectivity index (χ0v) is 13.3. The third-order valence-corrected chi connectivity index (χ3v) is 3.25. The molecule has 0 saturated heterocycles. The molecule has 2 nitrogen and oxygen atoms in total. The van der Waals surface area contributed by atoms with Crippen LogP contribution in [0.2, 0.25) is 0 Å². The highest BCUT2D eigenvalue weighted by Gasteiger charge is 2.18. The summed E-state index contributed by atoms with van der Waals surface area (Å²) in [5, 5.41) is 3.48. The molecule has 0 bridgehead atoms. The van der Waals surface area contributed by atoms with Gasteiger partial charge in [-0.3, -0.25) is 0 Å². The monoisotopic (exact) mass is 257 g/mol. The van der Waals surface area contributed by atoms with Gasteiger partial charge in [-0.05, 0) is 26.3 Å². The summed E-state index contributed by atoms with van der Waals surface area (Å²) in [5.74, 6) is 0. The standard InChI is InChI=1S/C16H35NO/c1-6-8-9-10-11-15(3)18-14-16(4,5)13-17-12-7-2/h15,17H,6-14H2,1-5H3. The smallest absolute Gasteiger partial charge is 0.0547 e. The van der Waals surface area contributed by atoms with Gasteiger partial charge in [0.1, 0.15) is 0 Å². The summed E-state index contributed by atoms with van der Waals surface area (Å²) < 4.78 is 5.98. The Bertz CT molecular complexity index is 180. The van der Waals surface area contributed by atoms with Crippen molar-refractivity contribution in [2.45, 2.75) is 79.2 Å². The fraction of sp³-hybridized carbons (Fsp3) is 1.00. The molecule has 0 rings (SSSR count). The van der Waals surface area contributed by atoms with Crippen LogP contribution in [0, 0.1) is 5.41 Å². The molecule has 0 aliphatic rings. The minimum atomic E-state index is 0.243. The van der Waals surface area contributed by atoms with E-state index in [1.165, 1.54) is 38.5 Å². The molecule has 0 heterocycles. The third-order valence-electron chi connectivity index (χ3n) is 3.25. The highest BCUT2D eigenvalue weighted by Crippen LogP contribution is 2.17. The average molecular weight is 257 g/mol. The first kappa shape index (κ1) is 17.9. The Balaban J connectivity index is 3.58. The lowest BCUT2D eigenvalue weighted by molar-refractivity contribution is 0.00745. The van der Waals surface area contributed by atoms with Crippen molar-refractivity contribution >= 4 is 0 Å². The summed E-state index contributed by atoms with van der Waals surface area (Å²) in [5.41, 5.74) is 0.243. The summed E-state index contributed by atoms with van der Waals surface area (Å²) in [4.78, 5) is 0. The number of hydrogen-bond acceptors (Lipinski definition) is 2. The largest absolute Gasteiger partial charge is 0.378 e. The molecule has 0 radical (unpaired) electrons. The molecule has 0 aliphatic heterocycles. The molecular weight excluding hydrogens is 222 g/mol. The molecule has 0 spiro atoms. The molecular formula is C16H35NO. The minimum Gasteiger partial charge on any atom is -0.378 e. The predicted octanol–water partition coefficient (Wildman–Crippen LogP) is 4.39. The van der Waals surface area contributed by atoms with Gasteiger partial charge in [-0.25, -0.2) is 0 Å². The first-order valence-corrected chi connectivity index (χ1v) is 7.84. The van der Waals surface area contributed by atoms with Gasteiger partial charge in [-0.1, -0.05) is 53.4 Å². The summed E-state index contributed by atoms with van der Waals surface area (Å²) >= 11 is 0. The van der Waals surface area contributed by atoms with Crippen LogP contribution in [0.1, 0.15) is 73.1 Å². The first-order chi connectivity index (χ1) is 8.52. The van der Waals surface area contributed by atoms with E-state index in [9.17, 15) is 0 Å². The minimum absolute atomic E-state index is 0.243. The highest BCUT2D eigenvalue weighted by molar-refractivity contribution is 4.71. The molecule has 0 saturated carbocycles. The van der Waals surface area contributed by atoms with E-state index in [-0.39, 0.29) is 5.41 Å². The molecule has 0 aromatic heterocycles. The van der Waals surface area contributed by atoms with E-state index in [1.54, 1.807) is 0 Å². The van der Waals surface area contributed by atoms with Crippen molar-refractivity contribution in [2.24, 2.45) is 5.41 Å². The average Bonchev–Trinajstić information content (AvgIpc) is 2.32. The zero-order chi connectivity index (χ0) is 13.9. The van der Waals surface area contributed by atoms with Crippen LogP contribution in [-0.2, 0) is 4.74 Å². The van der Waals surface area contributed by atoms with Crippen LogP contribution in [0.5, 0.6) is 0 Å².